The number of amides is 2. The van der Waals surface area contributed by atoms with E-state index in [4.69, 9.17) is 9.47 Å². The highest BCUT2D eigenvalue weighted by atomic mass is 32.1. The summed E-state index contributed by atoms with van der Waals surface area (Å²) in [4.78, 5) is 28.2. The number of carbonyl (C=O) groups excluding carboxylic acids is 2. The molecule has 1 fully saturated rings. The highest BCUT2D eigenvalue weighted by Crippen LogP contribution is 2.32. The Morgan fingerprint density at radius 3 is 2.67 bits per heavy atom. The summed E-state index contributed by atoms with van der Waals surface area (Å²) in [6.45, 7) is 5.22. The Morgan fingerprint density at radius 2 is 1.93 bits per heavy atom. The van der Waals surface area contributed by atoms with Crippen molar-refractivity contribution in [1.29, 1.82) is 0 Å². The fraction of sp³-hybridized carbons (Fsp3) is 0.412. The summed E-state index contributed by atoms with van der Waals surface area (Å²) in [5.74, 6) is 0.330. The largest absolute Gasteiger partial charge is 0.454 e. The van der Waals surface area contributed by atoms with E-state index in [1.807, 2.05) is 18.2 Å². The second-order valence-electron chi connectivity index (χ2n) is 6.34. The van der Waals surface area contributed by atoms with Gasteiger partial charge in [-0.3, -0.25) is 19.8 Å². The minimum atomic E-state index is -0.671. The van der Waals surface area contributed by atoms with Crippen molar-refractivity contribution in [3.05, 3.63) is 28.8 Å². The third kappa shape index (κ3) is 4.01. The summed E-state index contributed by atoms with van der Waals surface area (Å²) >= 11 is 1.24. The molecule has 4 rings (SSSR count). The summed E-state index contributed by atoms with van der Waals surface area (Å²) in [5.41, 5.74) is 1.13. The predicted molar refractivity (Wildman–Crippen MR) is 97.7 cm³/mol. The average molecular weight is 389 g/mol. The molecule has 2 amide bonds. The number of nitrogens with one attached hydrogen (secondary N) is 1. The van der Waals surface area contributed by atoms with Crippen LogP contribution in [0.3, 0.4) is 0 Å². The summed E-state index contributed by atoms with van der Waals surface area (Å²) < 4.78 is 10.7. The minimum absolute atomic E-state index is 0.262. The van der Waals surface area contributed by atoms with Crippen LogP contribution in [0.1, 0.15) is 10.6 Å². The SMILES string of the molecule is Cc1nnc(NC(=O)C(=O)N2CCN(Cc3ccc4c(c3)OCO4)CC2)s1. The Balaban J connectivity index is 1.28. The molecule has 0 aliphatic carbocycles. The van der Waals surface area contributed by atoms with Gasteiger partial charge in [-0.2, -0.15) is 0 Å². The van der Waals surface area contributed by atoms with Crippen LogP contribution in [0.15, 0.2) is 18.2 Å². The first kappa shape index (κ1) is 17.7. The number of hydrogen-bond donors (Lipinski definition) is 1. The fourth-order valence-electron chi connectivity index (χ4n) is 3.05. The van der Waals surface area contributed by atoms with Crippen molar-refractivity contribution in [2.24, 2.45) is 0 Å². The number of anilines is 1. The summed E-state index contributed by atoms with van der Waals surface area (Å²) in [5, 5.41) is 11.2. The van der Waals surface area contributed by atoms with E-state index in [2.05, 4.69) is 20.4 Å². The molecule has 0 bridgehead atoms. The van der Waals surface area contributed by atoms with E-state index in [-0.39, 0.29) is 6.79 Å². The highest BCUT2D eigenvalue weighted by Gasteiger charge is 2.27. The van der Waals surface area contributed by atoms with Crippen LogP contribution >= 0.6 is 11.3 Å². The van der Waals surface area contributed by atoms with E-state index in [9.17, 15) is 9.59 Å². The molecule has 0 radical (unpaired) electrons. The molecule has 10 heteroatoms. The monoisotopic (exact) mass is 389 g/mol. The summed E-state index contributed by atoms with van der Waals surface area (Å²) in [7, 11) is 0. The van der Waals surface area contributed by atoms with E-state index in [1.165, 1.54) is 11.3 Å². The van der Waals surface area contributed by atoms with Gasteiger partial charge in [-0.1, -0.05) is 17.4 Å². The number of fused-ring (bicyclic) bond motifs is 1. The molecule has 1 saturated heterocycles. The van der Waals surface area contributed by atoms with E-state index in [0.717, 1.165) is 28.6 Å². The molecule has 2 aliphatic heterocycles. The van der Waals surface area contributed by atoms with Gasteiger partial charge in [0.1, 0.15) is 5.01 Å². The lowest BCUT2D eigenvalue weighted by molar-refractivity contribution is -0.144. The molecule has 1 aromatic carbocycles. The predicted octanol–water partition coefficient (Wildman–Crippen LogP) is 0.858. The quantitative estimate of drug-likeness (QED) is 0.778. The van der Waals surface area contributed by atoms with Crippen LogP contribution in [0.2, 0.25) is 0 Å². The third-order valence-electron chi connectivity index (χ3n) is 4.44. The number of aromatic nitrogens is 2. The first-order valence-corrected chi connectivity index (χ1v) is 9.41. The van der Waals surface area contributed by atoms with Crippen LogP contribution in [0.5, 0.6) is 11.5 Å². The van der Waals surface area contributed by atoms with Crippen molar-refractivity contribution in [2.45, 2.75) is 13.5 Å². The van der Waals surface area contributed by atoms with Crippen molar-refractivity contribution >= 4 is 28.3 Å². The van der Waals surface area contributed by atoms with Crippen LogP contribution in [0, 0.1) is 6.92 Å². The molecule has 1 N–H and O–H groups in total. The van der Waals surface area contributed by atoms with Crippen LogP contribution in [-0.2, 0) is 16.1 Å². The van der Waals surface area contributed by atoms with Gasteiger partial charge in [0, 0.05) is 32.7 Å². The van der Waals surface area contributed by atoms with E-state index < -0.39 is 11.8 Å². The number of rotatable bonds is 3. The lowest BCUT2D eigenvalue weighted by Crippen LogP contribution is -2.51. The first-order valence-electron chi connectivity index (χ1n) is 8.60. The average Bonchev–Trinajstić information content (AvgIpc) is 3.30. The standard InChI is InChI=1S/C17H19N5O4S/c1-11-19-20-17(27-11)18-15(23)16(24)22-6-4-21(5-7-22)9-12-2-3-13-14(8-12)26-10-25-13/h2-3,8H,4-7,9-10H2,1H3,(H,18,20,23). The van der Waals surface area contributed by atoms with Gasteiger partial charge < -0.3 is 14.4 Å². The van der Waals surface area contributed by atoms with Gasteiger partial charge in [0.05, 0.1) is 0 Å². The first-order chi connectivity index (χ1) is 13.1. The zero-order chi connectivity index (χ0) is 18.8. The van der Waals surface area contributed by atoms with Gasteiger partial charge in [-0.05, 0) is 24.6 Å². The van der Waals surface area contributed by atoms with Crippen LogP contribution in [0.25, 0.3) is 0 Å². The molecule has 2 aromatic rings. The summed E-state index contributed by atoms with van der Waals surface area (Å²) in [6, 6.07) is 5.91. The molecule has 3 heterocycles. The zero-order valence-electron chi connectivity index (χ0n) is 14.8. The minimum Gasteiger partial charge on any atom is -0.454 e. The molecule has 9 nitrogen and oxygen atoms in total. The Morgan fingerprint density at radius 1 is 1.15 bits per heavy atom. The molecule has 0 saturated carbocycles. The number of aryl methyl sites for hydroxylation is 1. The lowest BCUT2D eigenvalue weighted by atomic mass is 10.1. The zero-order valence-corrected chi connectivity index (χ0v) is 15.6. The number of hydrogen-bond acceptors (Lipinski definition) is 8. The number of carbonyl (C=O) groups is 2. The van der Waals surface area contributed by atoms with Crippen molar-refractivity contribution in [3.8, 4) is 11.5 Å². The molecule has 2 aliphatic rings. The maximum Gasteiger partial charge on any atom is 0.315 e. The van der Waals surface area contributed by atoms with Crippen molar-refractivity contribution in [2.75, 3.05) is 38.3 Å². The molecular weight excluding hydrogens is 370 g/mol. The normalized spacial score (nSPS) is 16.4. The number of piperazine rings is 1. The molecule has 0 unspecified atom stereocenters. The van der Waals surface area contributed by atoms with E-state index in [1.54, 1.807) is 11.8 Å². The summed E-state index contributed by atoms with van der Waals surface area (Å²) in [6.07, 6.45) is 0. The maximum atomic E-state index is 12.3. The molecule has 0 atom stereocenters. The second-order valence-corrected chi connectivity index (χ2v) is 7.52. The lowest BCUT2D eigenvalue weighted by Gasteiger charge is -2.34. The molecule has 0 spiro atoms. The van der Waals surface area contributed by atoms with Gasteiger partial charge in [0.25, 0.3) is 0 Å². The molecule has 1 aromatic heterocycles. The van der Waals surface area contributed by atoms with E-state index in [0.29, 0.717) is 31.3 Å². The van der Waals surface area contributed by atoms with Gasteiger partial charge in [0.2, 0.25) is 11.9 Å². The Bertz CT molecular complexity index is 863. The van der Waals surface area contributed by atoms with Gasteiger partial charge in [-0.15, -0.1) is 10.2 Å². The van der Waals surface area contributed by atoms with Crippen molar-refractivity contribution in [3.63, 3.8) is 0 Å². The smallest absolute Gasteiger partial charge is 0.315 e. The molecule has 27 heavy (non-hydrogen) atoms. The Kier molecular flexibility index (Phi) is 4.90. The number of benzene rings is 1. The van der Waals surface area contributed by atoms with Crippen molar-refractivity contribution < 1.29 is 19.1 Å². The molecule has 142 valence electrons. The van der Waals surface area contributed by atoms with Gasteiger partial charge in [-0.25, -0.2) is 0 Å². The Labute approximate surface area is 159 Å². The Hall–Kier alpha value is -2.72. The molecular formula is C17H19N5O4S. The number of ether oxygens (including phenoxy) is 2. The van der Waals surface area contributed by atoms with Crippen LogP contribution in [0.4, 0.5) is 5.13 Å². The van der Waals surface area contributed by atoms with Gasteiger partial charge in [0.15, 0.2) is 11.5 Å². The third-order valence-corrected chi connectivity index (χ3v) is 5.20. The van der Waals surface area contributed by atoms with Crippen molar-refractivity contribution in [1.82, 2.24) is 20.0 Å². The fourth-order valence-corrected chi connectivity index (χ4v) is 3.63. The van der Waals surface area contributed by atoms with Gasteiger partial charge >= 0.3 is 11.8 Å². The highest BCUT2D eigenvalue weighted by molar-refractivity contribution is 7.15. The van der Waals surface area contributed by atoms with Crippen LogP contribution in [-0.4, -0.2) is 64.8 Å². The second kappa shape index (κ2) is 7.49. The maximum absolute atomic E-state index is 12.3. The van der Waals surface area contributed by atoms with E-state index >= 15 is 0 Å². The van der Waals surface area contributed by atoms with Crippen LogP contribution < -0.4 is 14.8 Å². The number of nitrogens with zero attached hydrogens (tertiary/aromatic N) is 4. The topological polar surface area (TPSA) is 96.9 Å².